The van der Waals surface area contributed by atoms with E-state index in [0.717, 1.165) is 51.1 Å². The Labute approximate surface area is 111 Å². The lowest BCUT2D eigenvalue weighted by molar-refractivity contribution is -0.134. The molecule has 2 unspecified atom stereocenters. The quantitative estimate of drug-likeness (QED) is 0.820. The number of hydrogen-bond donors (Lipinski definition) is 1. The summed E-state index contributed by atoms with van der Waals surface area (Å²) in [5, 5.41) is 0. The Morgan fingerprint density at radius 1 is 1.11 bits per heavy atom. The second-order valence-electron chi connectivity index (χ2n) is 6.57. The number of carbonyl (C=O) groups is 1. The molecule has 2 N–H and O–H groups in total. The van der Waals surface area contributed by atoms with Crippen molar-refractivity contribution in [1.82, 2.24) is 4.90 Å². The summed E-state index contributed by atoms with van der Waals surface area (Å²) in [6.45, 7) is 6.50. The first-order chi connectivity index (χ1) is 8.56. The molecule has 1 saturated carbocycles. The van der Waals surface area contributed by atoms with E-state index in [2.05, 4.69) is 18.7 Å². The molecule has 1 aliphatic heterocycles. The molecule has 3 nitrogen and oxygen atoms in total. The maximum atomic E-state index is 12.3. The molecule has 0 spiro atoms. The zero-order valence-electron chi connectivity index (χ0n) is 11.9. The van der Waals surface area contributed by atoms with Gasteiger partial charge in [0.25, 0.3) is 0 Å². The SMILES string of the molecule is CC1CCN(C(=O)CC2CCC(N)CC2)CC1C. The van der Waals surface area contributed by atoms with Crippen LogP contribution in [0.25, 0.3) is 0 Å². The van der Waals surface area contributed by atoms with Gasteiger partial charge < -0.3 is 10.6 Å². The minimum absolute atomic E-state index is 0.382. The number of hydrogen-bond acceptors (Lipinski definition) is 2. The summed E-state index contributed by atoms with van der Waals surface area (Å²) in [6.07, 6.45) is 6.42. The lowest BCUT2D eigenvalue weighted by atomic mass is 9.83. The Balaban J connectivity index is 1.78. The largest absolute Gasteiger partial charge is 0.342 e. The highest BCUT2D eigenvalue weighted by atomic mass is 16.2. The first-order valence-corrected chi connectivity index (χ1v) is 7.59. The lowest BCUT2D eigenvalue weighted by Crippen LogP contribution is -2.43. The monoisotopic (exact) mass is 252 g/mol. The highest BCUT2D eigenvalue weighted by Gasteiger charge is 2.28. The van der Waals surface area contributed by atoms with Gasteiger partial charge in [-0.25, -0.2) is 0 Å². The van der Waals surface area contributed by atoms with Gasteiger partial charge >= 0.3 is 0 Å². The number of nitrogens with zero attached hydrogens (tertiary/aromatic N) is 1. The van der Waals surface area contributed by atoms with Gasteiger partial charge in [-0.1, -0.05) is 13.8 Å². The van der Waals surface area contributed by atoms with Crippen molar-refractivity contribution in [3.63, 3.8) is 0 Å². The summed E-state index contributed by atoms with van der Waals surface area (Å²) >= 11 is 0. The van der Waals surface area contributed by atoms with E-state index < -0.39 is 0 Å². The number of rotatable bonds is 2. The number of nitrogens with two attached hydrogens (primary N) is 1. The molecule has 0 aromatic carbocycles. The molecule has 0 aromatic rings. The average molecular weight is 252 g/mol. The summed E-state index contributed by atoms with van der Waals surface area (Å²) in [5.74, 6) is 2.39. The van der Waals surface area contributed by atoms with E-state index in [0.29, 0.717) is 23.8 Å². The summed E-state index contributed by atoms with van der Waals surface area (Å²) in [4.78, 5) is 14.4. The fourth-order valence-electron chi connectivity index (χ4n) is 3.26. The van der Waals surface area contributed by atoms with Crippen molar-refractivity contribution in [2.24, 2.45) is 23.5 Å². The molecular weight excluding hydrogens is 224 g/mol. The number of likely N-dealkylation sites (tertiary alicyclic amines) is 1. The first kappa shape index (κ1) is 13.9. The molecule has 1 amide bonds. The highest BCUT2D eigenvalue weighted by Crippen LogP contribution is 2.28. The molecular formula is C15H28N2O. The van der Waals surface area contributed by atoms with Crippen molar-refractivity contribution in [3.8, 4) is 0 Å². The van der Waals surface area contributed by atoms with E-state index in [-0.39, 0.29) is 0 Å². The van der Waals surface area contributed by atoms with Gasteiger partial charge in [0.05, 0.1) is 0 Å². The van der Waals surface area contributed by atoms with E-state index in [4.69, 9.17) is 5.73 Å². The Hall–Kier alpha value is -0.570. The van der Waals surface area contributed by atoms with Gasteiger partial charge in [-0.2, -0.15) is 0 Å². The molecule has 1 aliphatic carbocycles. The van der Waals surface area contributed by atoms with Crippen molar-refractivity contribution in [3.05, 3.63) is 0 Å². The summed E-state index contributed by atoms with van der Waals surface area (Å²) in [6, 6.07) is 0.382. The number of carbonyl (C=O) groups excluding carboxylic acids is 1. The van der Waals surface area contributed by atoms with Crippen LogP contribution < -0.4 is 5.73 Å². The highest BCUT2D eigenvalue weighted by molar-refractivity contribution is 5.76. The van der Waals surface area contributed by atoms with Crippen molar-refractivity contribution in [2.45, 2.75) is 58.4 Å². The van der Waals surface area contributed by atoms with Gasteiger partial charge in [0, 0.05) is 25.6 Å². The average Bonchev–Trinajstić information content (AvgIpc) is 2.35. The molecule has 3 heteroatoms. The van der Waals surface area contributed by atoms with Crippen LogP contribution in [0, 0.1) is 17.8 Å². The van der Waals surface area contributed by atoms with E-state index in [9.17, 15) is 4.79 Å². The second-order valence-corrected chi connectivity index (χ2v) is 6.57. The van der Waals surface area contributed by atoms with Crippen LogP contribution in [-0.2, 0) is 4.79 Å². The van der Waals surface area contributed by atoms with Crippen molar-refractivity contribution in [1.29, 1.82) is 0 Å². The third kappa shape index (κ3) is 3.47. The van der Waals surface area contributed by atoms with Gasteiger partial charge in [0.1, 0.15) is 0 Å². The van der Waals surface area contributed by atoms with Crippen LogP contribution in [-0.4, -0.2) is 29.9 Å². The smallest absolute Gasteiger partial charge is 0.222 e. The zero-order chi connectivity index (χ0) is 13.1. The van der Waals surface area contributed by atoms with Crippen LogP contribution in [0.3, 0.4) is 0 Å². The Morgan fingerprint density at radius 2 is 1.78 bits per heavy atom. The van der Waals surface area contributed by atoms with E-state index in [1.54, 1.807) is 0 Å². The third-order valence-electron chi connectivity index (χ3n) is 5.04. The normalized spacial score (nSPS) is 37.6. The Kier molecular flexibility index (Phi) is 4.66. The fraction of sp³-hybridized carbons (Fsp3) is 0.933. The Bertz CT molecular complexity index is 284. The predicted molar refractivity (Wildman–Crippen MR) is 74.1 cm³/mol. The van der Waals surface area contributed by atoms with Gasteiger partial charge in [-0.3, -0.25) is 4.79 Å². The van der Waals surface area contributed by atoms with Crippen LogP contribution in [0.1, 0.15) is 52.4 Å². The minimum atomic E-state index is 0.382. The first-order valence-electron chi connectivity index (χ1n) is 7.59. The van der Waals surface area contributed by atoms with Gasteiger partial charge in [0.2, 0.25) is 5.91 Å². The molecule has 2 rings (SSSR count). The molecule has 1 heterocycles. The Morgan fingerprint density at radius 3 is 2.39 bits per heavy atom. The van der Waals surface area contributed by atoms with E-state index >= 15 is 0 Å². The summed E-state index contributed by atoms with van der Waals surface area (Å²) in [5.41, 5.74) is 5.91. The molecule has 2 aliphatic rings. The van der Waals surface area contributed by atoms with Gasteiger partial charge in [-0.15, -0.1) is 0 Å². The van der Waals surface area contributed by atoms with Crippen LogP contribution >= 0.6 is 0 Å². The molecule has 1 saturated heterocycles. The fourth-order valence-corrected chi connectivity index (χ4v) is 3.26. The second kappa shape index (κ2) is 6.05. The molecule has 104 valence electrons. The van der Waals surface area contributed by atoms with E-state index in [1.165, 1.54) is 6.42 Å². The minimum Gasteiger partial charge on any atom is -0.342 e. The molecule has 2 fully saturated rings. The topological polar surface area (TPSA) is 46.3 Å². The maximum Gasteiger partial charge on any atom is 0.222 e. The van der Waals surface area contributed by atoms with Crippen LogP contribution in [0.15, 0.2) is 0 Å². The molecule has 0 radical (unpaired) electrons. The molecule has 2 atom stereocenters. The van der Waals surface area contributed by atoms with E-state index in [1.807, 2.05) is 0 Å². The van der Waals surface area contributed by atoms with Crippen molar-refractivity contribution >= 4 is 5.91 Å². The van der Waals surface area contributed by atoms with Crippen molar-refractivity contribution < 1.29 is 4.79 Å². The van der Waals surface area contributed by atoms with Gasteiger partial charge in [-0.05, 0) is 49.9 Å². The number of amides is 1. The summed E-state index contributed by atoms with van der Waals surface area (Å²) < 4.78 is 0. The maximum absolute atomic E-state index is 12.3. The zero-order valence-corrected chi connectivity index (χ0v) is 11.9. The summed E-state index contributed by atoms with van der Waals surface area (Å²) in [7, 11) is 0. The molecule has 0 aromatic heterocycles. The standard InChI is InChI=1S/C15H28N2O/c1-11-7-8-17(10-12(11)2)15(18)9-13-3-5-14(16)6-4-13/h11-14H,3-10,16H2,1-2H3. The predicted octanol–water partition coefficient (Wildman–Crippen LogP) is 2.40. The van der Waals surface area contributed by atoms with Crippen LogP contribution in [0.5, 0.6) is 0 Å². The van der Waals surface area contributed by atoms with Crippen molar-refractivity contribution in [2.75, 3.05) is 13.1 Å². The molecule has 18 heavy (non-hydrogen) atoms. The lowest BCUT2D eigenvalue weighted by Gasteiger charge is -2.36. The van der Waals surface area contributed by atoms with Crippen LogP contribution in [0.4, 0.5) is 0 Å². The third-order valence-corrected chi connectivity index (χ3v) is 5.04. The van der Waals surface area contributed by atoms with Crippen LogP contribution in [0.2, 0.25) is 0 Å². The van der Waals surface area contributed by atoms with Gasteiger partial charge in [0.15, 0.2) is 0 Å². The molecule has 0 bridgehead atoms. The number of piperidine rings is 1.